The topological polar surface area (TPSA) is 87.7 Å². The Morgan fingerprint density at radius 1 is 1.03 bits per heavy atom. The van der Waals surface area contributed by atoms with Gasteiger partial charge in [-0.15, -0.1) is 0 Å². The van der Waals surface area contributed by atoms with E-state index in [-0.39, 0.29) is 17.7 Å². The van der Waals surface area contributed by atoms with E-state index >= 15 is 0 Å². The van der Waals surface area contributed by atoms with Crippen LogP contribution in [0.1, 0.15) is 91.3 Å². The molecule has 1 aromatic carbocycles. The summed E-state index contributed by atoms with van der Waals surface area (Å²) in [5.41, 5.74) is 1.22. The predicted molar refractivity (Wildman–Crippen MR) is 136 cm³/mol. The normalized spacial score (nSPS) is 13.2. The van der Waals surface area contributed by atoms with Gasteiger partial charge in [-0.1, -0.05) is 64.8 Å². The van der Waals surface area contributed by atoms with Crippen LogP contribution in [0.25, 0.3) is 0 Å². The number of benzene rings is 1. The molecule has 0 saturated carbocycles. The molecule has 0 aromatic heterocycles. The molecule has 0 spiro atoms. The summed E-state index contributed by atoms with van der Waals surface area (Å²) < 4.78 is 5.37. The number of hydrogen-bond donors (Lipinski definition) is 2. The number of carbonyl (C=O) groups is 3. The second-order valence-corrected chi connectivity index (χ2v) is 10.3. The highest BCUT2D eigenvalue weighted by molar-refractivity contribution is 5.92. The number of alkyl carbamates (subject to hydrolysis) is 1. The number of likely N-dealkylation sites (N-methyl/N-ethyl adjacent to an activating group) is 1. The lowest BCUT2D eigenvalue weighted by Crippen LogP contribution is -2.52. The average Bonchev–Trinajstić information content (AvgIpc) is 2.74. The first-order valence-corrected chi connectivity index (χ1v) is 12.5. The van der Waals surface area contributed by atoms with Crippen molar-refractivity contribution in [2.24, 2.45) is 5.92 Å². The van der Waals surface area contributed by atoms with E-state index in [2.05, 4.69) is 24.5 Å². The number of carbonyl (C=O) groups excluding carboxylic acids is 3. The van der Waals surface area contributed by atoms with Gasteiger partial charge in [0, 0.05) is 13.6 Å². The van der Waals surface area contributed by atoms with Gasteiger partial charge in [-0.05, 0) is 57.1 Å². The summed E-state index contributed by atoms with van der Waals surface area (Å²) in [6, 6.07) is 6.17. The predicted octanol–water partition coefficient (Wildman–Crippen LogP) is 4.99. The highest BCUT2D eigenvalue weighted by Crippen LogP contribution is 2.23. The van der Waals surface area contributed by atoms with Gasteiger partial charge in [-0.25, -0.2) is 4.79 Å². The monoisotopic (exact) mass is 475 g/mol. The van der Waals surface area contributed by atoms with Crippen LogP contribution in [0.5, 0.6) is 0 Å². The van der Waals surface area contributed by atoms with Gasteiger partial charge in [0.15, 0.2) is 0 Å². The number of amides is 3. The van der Waals surface area contributed by atoms with Gasteiger partial charge in [0.1, 0.15) is 17.7 Å². The van der Waals surface area contributed by atoms with E-state index < -0.39 is 23.8 Å². The first-order chi connectivity index (χ1) is 15.9. The lowest BCUT2D eigenvalue weighted by Gasteiger charge is -2.32. The van der Waals surface area contributed by atoms with Gasteiger partial charge in [0.2, 0.25) is 11.8 Å². The Bertz CT molecular complexity index is 784. The minimum Gasteiger partial charge on any atom is -0.444 e. The summed E-state index contributed by atoms with van der Waals surface area (Å²) in [6.07, 6.45) is 3.65. The first kappa shape index (κ1) is 29.5. The van der Waals surface area contributed by atoms with Crippen LogP contribution in [0.4, 0.5) is 4.79 Å². The van der Waals surface area contributed by atoms with Gasteiger partial charge in [0.05, 0.1) is 0 Å². The molecule has 0 aliphatic heterocycles. The fourth-order valence-corrected chi connectivity index (χ4v) is 3.69. The van der Waals surface area contributed by atoms with E-state index in [9.17, 15) is 14.4 Å². The molecule has 0 aliphatic carbocycles. The molecule has 0 heterocycles. The van der Waals surface area contributed by atoms with Crippen LogP contribution in [0, 0.1) is 5.92 Å². The van der Waals surface area contributed by atoms with Crippen molar-refractivity contribution in [3.8, 4) is 0 Å². The molecule has 3 amide bonds. The maximum Gasteiger partial charge on any atom is 0.408 e. The third-order valence-corrected chi connectivity index (χ3v) is 5.46. The Labute approximate surface area is 206 Å². The van der Waals surface area contributed by atoms with Gasteiger partial charge >= 0.3 is 6.09 Å². The lowest BCUT2D eigenvalue weighted by atomic mass is 9.99. The number of ether oxygens (including phenoxy) is 1. The van der Waals surface area contributed by atoms with Crippen molar-refractivity contribution in [2.75, 3.05) is 13.6 Å². The molecule has 192 valence electrons. The van der Waals surface area contributed by atoms with E-state index in [1.54, 1.807) is 27.8 Å². The third kappa shape index (κ3) is 10.1. The maximum atomic E-state index is 13.6. The molecule has 7 nitrogen and oxygen atoms in total. The summed E-state index contributed by atoms with van der Waals surface area (Å²) in [6.45, 7) is 14.0. The average molecular weight is 476 g/mol. The van der Waals surface area contributed by atoms with Crippen LogP contribution < -0.4 is 10.6 Å². The van der Waals surface area contributed by atoms with Crippen molar-refractivity contribution in [3.63, 3.8) is 0 Å². The molecule has 2 atom stereocenters. The van der Waals surface area contributed by atoms with Crippen molar-refractivity contribution in [3.05, 3.63) is 35.4 Å². The van der Waals surface area contributed by atoms with Crippen molar-refractivity contribution in [1.82, 2.24) is 15.5 Å². The number of hydrogen-bond acceptors (Lipinski definition) is 4. The third-order valence-electron chi connectivity index (χ3n) is 5.46. The Morgan fingerprint density at radius 3 is 2.15 bits per heavy atom. The summed E-state index contributed by atoms with van der Waals surface area (Å²) >= 11 is 0. The zero-order chi connectivity index (χ0) is 25.9. The minimum atomic E-state index is -0.801. The van der Waals surface area contributed by atoms with Gasteiger partial charge in [-0.2, -0.15) is 0 Å². The van der Waals surface area contributed by atoms with Gasteiger partial charge in [-0.3, -0.25) is 9.59 Å². The first-order valence-electron chi connectivity index (χ1n) is 12.5. The quantitative estimate of drug-likeness (QED) is 0.417. The molecule has 2 N–H and O–H groups in total. The highest BCUT2D eigenvalue weighted by Gasteiger charge is 2.34. The standard InChI is InChI=1S/C27H45N3O4/c1-9-11-12-17-28-24(31)23(21-15-13-20(10-2)14-16-21)30(8)25(32)22(18-19(3)4)29-26(33)34-27(5,6)7/h13-16,19,22-23H,9-12,17-18H2,1-8H3,(H,28,31)(H,29,33). The van der Waals surface area contributed by atoms with Crippen molar-refractivity contribution >= 4 is 17.9 Å². The van der Waals surface area contributed by atoms with E-state index in [1.165, 1.54) is 4.90 Å². The number of rotatable bonds is 12. The highest BCUT2D eigenvalue weighted by atomic mass is 16.6. The minimum absolute atomic E-state index is 0.155. The second-order valence-electron chi connectivity index (χ2n) is 10.3. The van der Waals surface area contributed by atoms with Crippen LogP contribution in [-0.2, 0) is 20.7 Å². The molecule has 34 heavy (non-hydrogen) atoms. The number of nitrogens with one attached hydrogen (secondary N) is 2. The Hall–Kier alpha value is -2.57. The summed E-state index contributed by atoms with van der Waals surface area (Å²) in [4.78, 5) is 40.7. The molecule has 1 aromatic rings. The molecule has 0 bridgehead atoms. The number of unbranched alkanes of at least 4 members (excludes halogenated alkanes) is 2. The van der Waals surface area contributed by atoms with Gasteiger partial charge < -0.3 is 20.3 Å². The van der Waals surface area contributed by atoms with E-state index in [4.69, 9.17) is 4.74 Å². The lowest BCUT2D eigenvalue weighted by molar-refractivity contribution is -0.141. The Morgan fingerprint density at radius 2 is 1.65 bits per heavy atom. The summed E-state index contributed by atoms with van der Waals surface area (Å²) in [5, 5.41) is 5.71. The van der Waals surface area contributed by atoms with E-state index in [1.807, 2.05) is 38.1 Å². The zero-order valence-corrected chi connectivity index (χ0v) is 22.4. The fraction of sp³-hybridized carbons (Fsp3) is 0.667. The van der Waals surface area contributed by atoms with Crippen LogP contribution in [0.2, 0.25) is 0 Å². The molecule has 0 saturated heterocycles. The van der Waals surface area contributed by atoms with Crippen LogP contribution in [0.15, 0.2) is 24.3 Å². The molecule has 7 heteroatoms. The number of nitrogens with zero attached hydrogens (tertiary/aromatic N) is 1. The zero-order valence-electron chi connectivity index (χ0n) is 22.4. The van der Waals surface area contributed by atoms with E-state index in [0.717, 1.165) is 36.8 Å². The SMILES string of the molecule is CCCCCNC(=O)C(c1ccc(CC)cc1)N(C)C(=O)C(CC(C)C)NC(=O)OC(C)(C)C. The molecule has 1 rings (SSSR count). The van der Waals surface area contributed by atoms with Crippen LogP contribution >= 0.6 is 0 Å². The van der Waals surface area contributed by atoms with Crippen LogP contribution in [-0.4, -0.2) is 48.0 Å². The Kier molecular flexibility index (Phi) is 12.1. The molecule has 0 radical (unpaired) electrons. The van der Waals surface area contributed by atoms with Crippen molar-refractivity contribution in [2.45, 2.75) is 98.3 Å². The smallest absolute Gasteiger partial charge is 0.408 e. The van der Waals surface area contributed by atoms with Gasteiger partial charge in [0.25, 0.3) is 0 Å². The largest absolute Gasteiger partial charge is 0.444 e. The summed E-state index contributed by atoms with van der Waals surface area (Å²) in [7, 11) is 1.62. The second kappa shape index (κ2) is 14.0. The molecule has 0 aliphatic rings. The summed E-state index contributed by atoms with van der Waals surface area (Å²) in [5.74, 6) is -0.396. The molecule has 0 fully saturated rings. The number of aryl methyl sites for hydroxylation is 1. The van der Waals surface area contributed by atoms with Crippen molar-refractivity contribution in [1.29, 1.82) is 0 Å². The molecular formula is C27H45N3O4. The Balaban J connectivity index is 3.18. The van der Waals surface area contributed by atoms with Crippen LogP contribution in [0.3, 0.4) is 0 Å². The van der Waals surface area contributed by atoms with Crippen molar-refractivity contribution < 1.29 is 19.1 Å². The maximum absolute atomic E-state index is 13.6. The fourth-order valence-electron chi connectivity index (χ4n) is 3.69. The molecular weight excluding hydrogens is 430 g/mol. The van der Waals surface area contributed by atoms with E-state index in [0.29, 0.717) is 13.0 Å². The molecule has 2 unspecified atom stereocenters.